The molecule has 0 saturated heterocycles. The van der Waals surface area contributed by atoms with Crippen LogP contribution < -0.4 is 31.8 Å². The van der Waals surface area contributed by atoms with Gasteiger partial charge in [0.05, 0.1) is 0 Å². The average molecular weight is 667 g/mol. The fourth-order valence-corrected chi connectivity index (χ4v) is 12.8. The summed E-state index contributed by atoms with van der Waals surface area (Å²) in [6.07, 6.45) is 0. The smallest absolute Gasteiger partial charge is 0.171 e. The molecule has 0 heterocycles. The quantitative estimate of drug-likeness (QED) is 0.155. The number of aryl methyl sites for hydroxylation is 2. The van der Waals surface area contributed by atoms with Gasteiger partial charge in [0.2, 0.25) is 0 Å². The Labute approximate surface area is 290 Å². The Kier molecular flexibility index (Phi) is 8.35. The molecule has 0 amide bonds. The van der Waals surface area contributed by atoms with Crippen LogP contribution in [0.25, 0.3) is 32.7 Å². The van der Waals surface area contributed by atoms with Crippen molar-refractivity contribution in [3.05, 3.63) is 193 Å². The van der Waals surface area contributed by atoms with Crippen molar-refractivity contribution in [3.8, 4) is 11.1 Å². The Hall–Kier alpha value is -5.06. The van der Waals surface area contributed by atoms with E-state index < -0.39 is 15.1 Å². The predicted octanol–water partition coefficient (Wildman–Crippen LogP) is 9.67. The van der Waals surface area contributed by atoms with Crippen molar-refractivity contribution >= 4 is 68.4 Å². The first-order valence-electron chi connectivity index (χ1n) is 16.7. The van der Waals surface area contributed by atoms with Crippen LogP contribution in [0.3, 0.4) is 0 Å². The second-order valence-electron chi connectivity index (χ2n) is 12.6. The van der Waals surface area contributed by atoms with Crippen LogP contribution in [-0.4, -0.2) is 0 Å². The number of benzene rings is 8. The van der Waals surface area contributed by atoms with Gasteiger partial charge < -0.3 is 4.57 Å². The lowest BCUT2D eigenvalue weighted by Crippen LogP contribution is -2.29. The van der Waals surface area contributed by atoms with Crippen molar-refractivity contribution in [3.63, 3.8) is 0 Å². The molecule has 0 unspecified atom stereocenters. The minimum Gasteiger partial charge on any atom is -0.309 e. The summed E-state index contributed by atoms with van der Waals surface area (Å²) in [5.41, 5.74) is 4.58. The van der Waals surface area contributed by atoms with Crippen LogP contribution in [0.4, 0.5) is 0 Å². The third kappa shape index (κ3) is 5.45. The van der Waals surface area contributed by atoms with E-state index in [4.69, 9.17) is 0 Å². The number of rotatable bonds is 7. The highest BCUT2D eigenvalue weighted by Gasteiger charge is 2.35. The minimum absolute atomic E-state index is 0.837. The molecule has 0 spiro atoms. The van der Waals surface area contributed by atoms with Gasteiger partial charge in [-0.05, 0) is 88.1 Å². The highest BCUT2D eigenvalue weighted by atomic mass is 31.2. The molecule has 0 aliphatic heterocycles. The lowest BCUT2D eigenvalue weighted by Gasteiger charge is -2.29. The van der Waals surface area contributed by atoms with Crippen molar-refractivity contribution in [1.82, 2.24) is 0 Å². The summed E-state index contributed by atoms with van der Waals surface area (Å²) in [6.45, 7) is 4.39. The number of hydrogen-bond acceptors (Lipinski definition) is 1. The summed E-state index contributed by atoms with van der Waals surface area (Å²) in [5.74, 6) is 0. The van der Waals surface area contributed by atoms with E-state index in [2.05, 4.69) is 135 Å². The highest BCUT2D eigenvalue weighted by molar-refractivity contribution is 7.85. The SMILES string of the molecule is Cc1cc(P(c2ccccc2)c2ccccc2)c(-c2c(P(=O)(c3ccccc3)c3ccccc3)cc(C)c3ccccc23)c2ccccc12. The standard InChI is InChI=1S/C46H36OP2/c1-33-31-43(48(35-19-7-3-8-20-35)36-21-9-4-10-22-36)45(41-29-17-15-27-39(33)41)46-42-30-18-16-28-40(42)34(2)32-44(46)49(47,37-23-11-5-12-24-37)38-25-13-6-14-26-38/h3-32H,1-2H3. The highest BCUT2D eigenvalue weighted by Crippen LogP contribution is 2.50. The molecule has 8 aromatic rings. The molecular formula is C46H36OP2. The predicted molar refractivity (Wildman–Crippen MR) is 214 cm³/mol. The second-order valence-corrected chi connectivity index (χ2v) is 17.5. The van der Waals surface area contributed by atoms with Crippen molar-refractivity contribution in [2.24, 2.45) is 0 Å². The monoisotopic (exact) mass is 666 g/mol. The molecule has 0 aliphatic carbocycles. The number of fused-ring (bicyclic) bond motifs is 2. The van der Waals surface area contributed by atoms with Crippen molar-refractivity contribution < 1.29 is 4.57 Å². The Morgan fingerprint density at radius 1 is 0.408 bits per heavy atom. The van der Waals surface area contributed by atoms with Gasteiger partial charge in [0, 0.05) is 21.5 Å². The van der Waals surface area contributed by atoms with Crippen LogP contribution in [0.5, 0.6) is 0 Å². The van der Waals surface area contributed by atoms with Gasteiger partial charge in [-0.25, -0.2) is 0 Å². The molecule has 0 saturated carbocycles. The summed E-state index contributed by atoms with van der Waals surface area (Å²) in [6, 6.07) is 64.1. The lowest BCUT2D eigenvalue weighted by atomic mass is 9.90. The van der Waals surface area contributed by atoms with E-state index in [1.807, 2.05) is 60.7 Å². The van der Waals surface area contributed by atoms with Gasteiger partial charge in [0.25, 0.3) is 0 Å². The molecule has 0 bridgehead atoms. The minimum atomic E-state index is -3.39. The largest absolute Gasteiger partial charge is 0.309 e. The molecule has 49 heavy (non-hydrogen) atoms. The van der Waals surface area contributed by atoms with Gasteiger partial charge in [-0.15, -0.1) is 0 Å². The Balaban J connectivity index is 1.60. The van der Waals surface area contributed by atoms with Crippen LogP contribution in [0.2, 0.25) is 0 Å². The number of hydrogen-bond donors (Lipinski definition) is 0. The van der Waals surface area contributed by atoms with E-state index in [9.17, 15) is 0 Å². The van der Waals surface area contributed by atoms with Gasteiger partial charge >= 0.3 is 0 Å². The van der Waals surface area contributed by atoms with E-state index in [1.165, 1.54) is 43.2 Å². The van der Waals surface area contributed by atoms with Crippen LogP contribution in [0, 0.1) is 13.8 Å². The molecule has 0 atom stereocenters. The molecule has 0 aromatic heterocycles. The first-order valence-corrected chi connectivity index (χ1v) is 19.8. The lowest BCUT2D eigenvalue weighted by molar-refractivity contribution is 0.592. The molecule has 236 valence electrons. The zero-order valence-electron chi connectivity index (χ0n) is 27.6. The van der Waals surface area contributed by atoms with Gasteiger partial charge in [0.15, 0.2) is 7.14 Å². The van der Waals surface area contributed by atoms with Crippen molar-refractivity contribution in [2.45, 2.75) is 13.8 Å². The fourth-order valence-electron chi connectivity index (χ4n) is 7.31. The molecule has 3 heteroatoms. The van der Waals surface area contributed by atoms with Crippen LogP contribution in [0.15, 0.2) is 182 Å². The first-order chi connectivity index (χ1) is 24.1. The molecule has 0 radical (unpaired) electrons. The van der Waals surface area contributed by atoms with E-state index in [1.54, 1.807) is 0 Å². The summed E-state index contributed by atoms with van der Waals surface area (Å²) < 4.78 is 16.4. The van der Waals surface area contributed by atoms with E-state index >= 15 is 4.57 Å². The van der Waals surface area contributed by atoms with E-state index in [0.717, 1.165) is 32.4 Å². The zero-order valence-corrected chi connectivity index (χ0v) is 29.4. The van der Waals surface area contributed by atoms with Gasteiger partial charge in [-0.2, -0.15) is 0 Å². The van der Waals surface area contributed by atoms with Crippen LogP contribution >= 0.6 is 15.1 Å². The molecular weight excluding hydrogens is 630 g/mol. The summed E-state index contributed by atoms with van der Waals surface area (Å²) in [7, 11) is -4.38. The van der Waals surface area contributed by atoms with Crippen molar-refractivity contribution in [1.29, 1.82) is 0 Å². The van der Waals surface area contributed by atoms with Crippen molar-refractivity contribution in [2.75, 3.05) is 0 Å². The Bertz CT molecular complexity index is 2390. The van der Waals surface area contributed by atoms with E-state index in [-0.39, 0.29) is 0 Å². The summed E-state index contributed by atoms with van der Waals surface area (Å²) in [5, 5.41) is 11.1. The molecule has 0 N–H and O–H groups in total. The first kappa shape index (κ1) is 31.2. The van der Waals surface area contributed by atoms with Crippen LogP contribution in [0.1, 0.15) is 11.1 Å². The second kappa shape index (κ2) is 13.1. The third-order valence-electron chi connectivity index (χ3n) is 9.56. The fraction of sp³-hybridized carbons (Fsp3) is 0.0435. The third-order valence-corrected chi connectivity index (χ3v) is 15.1. The topological polar surface area (TPSA) is 17.1 Å². The Morgan fingerprint density at radius 3 is 1.24 bits per heavy atom. The molecule has 8 rings (SSSR count). The maximum absolute atomic E-state index is 16.4. The van der Waals surface area contributed by atoms with E-state index in [0.29, 0.717) is 0 Å². The Morgan fingerprint density at radius 2 is 0.776 bits per heavy atom. The normalized spacial score (nSPS) is 11.7. The maximum atomic E-state index is 16.4. The molecule has 0 aliphatic rings. The van der Waals surface area contributed by atoms with Gasteiger partial charge in [-0.1, -0.05) is 170 Å². The van der Waals surface area contributed by atoms with Gasteiger partial charge in [0.1, 0.15) is 0 Å². The molecule has 0 fully saturated rings. The van der Waals surface area contributed by atoms with Crippen LogP contribution in [-0.2, 0) is 4.57 Å². The zero-order chi connectivity index (χ0) is 33.4. The molecule has 1 nitrogen and oxygen atoms in total. The summed E-state index contributed by atoms with van der Waals surface area (Å²) in [4.78, 5) is 0. The molecule has 8 aromatic carbocycles. The summed E-state index contributed by atoms with van der Waals surface area (Å²) >= 11 is 0. The average Bonchev–Trinajstić information content (AvgIpc) is 3.17. The maximum Gasteiger partial charge on any atom is 0.171 e. The van der Waals surface area contributed by atoms with Gasteiger partial charge in [-0.3, -0.25) is 0 Å².